The number of carbonyl (C=O) groups is 2. The number of amides is 2. The molecule has 2 aliphatic heterocycles. The monoisotopic (exact) mass is 403 g/mol. The Kier molecular flexibility index (Phi) is 6.23. The maximum Gasteiger partial charge on any atom is 0.240 e. The van der Waals surface area contributed by atoms with E-state index in [9.17, 15) is 9.59 Å². The van der Waals surface area contributed by atoms with Crippen molar-refractivity contribution >= 4 is 29.3 Å². The number of nitrogens with one attached hydrogen (secondary N) is 1. The quantitative estimate of drug-likeness (QED) is 0.817. The number of hydrogen-bond acceptors (Lipinski definition) is 5. The third-order valence-electron chi connectivity index (χ3n) is 6.19. The Labute approximate surface area is 171 Å². The minimum absolute atomic E-state index is 0.000547. The summed E-state index contributed by atoms with van der Waals surface area (Å²) in [5, 5.41) is 3.17. The van der Waals surface area contributed by atoms with E-state index in [0.717, 1.165) is 49.7 Å². The van der Waals surface area contributed by atoms with Crippen molar-refractivity contribution in [2.45, 2.75) is 42.5 Å². The molecule has 1 aliphatic carbocycles. The van der Waals surface area contributed by atoms with Crippen molar-refractivity contribution in [1.82, 2.24) is 10.2 Å². The van der Waals surface area contributed by atoms with Crippen molar-refractivity contribution < 1.29 is 14.3 Å². The third-order valence-corrected chi connectivity index (χ3v) is 7.24. The Morgan fingerprint density at radius 3 is 2.68 bits per heavy atom. The lowest BCUT2D eigenvalue weighted by molar-refractivity contribution is -0.123. The van der Waals surface area contributed by atoms with Gasteiger partial charge in [-0.25, -0.2) is 0 Å². The van der Waals surface area contributed by atoms with E-state index >= 15 is 0 Å². The first-order valence-corrected chi connectivity index (χ1v) is 11.3. The van der Waals surface area contributed by atoms with Gasteiger partial charge in [0.2, 0.25) is 11.8 Å². The van der Waals surface area contributed by atoms with Gasteiger partial charge in [0.05, 0.1) is 24.7 Å². The normalized spacial score (nSPS) is 22.6. The average molecular weight is 404 g/mol. The van der Waals surface area contributed by atoms with Crippen molar-refractivity contribution in [3.63, 3.8) is 0 Å². The largest absolute Gasteiger partial charge is 0.379 e. The van der Waals surface area contributed by atoms with Gasteiger partial charge in [-0.05, 0) is 25.0 Å². The fourth-order valence-corrected chi connectivity index (χ4v) is 5.58. The molecule has 0 aromatic heterocycles. The maximum absolute atomic E-state index is 12.8. The summed E-state index contributed by atoms with van der Waals surface area (Å²) in [6.45, 7) is 4.16. The van der Waals surface area contributed by atoms with Crippen molar-refractivity contribution in [2.24, 2.45) is 0 Å². The Hall–Kier alpha value is -1.57. The van der Waals surface area contributed by atoms with Gasteiger partial charge in [-0.2, -0.15) is 0 Å². The zero-order valence-corrected chi connectivity index (χ0v) is 17.1. The number of thioether (sulfide) groups is 1. The van der Waals surface area contributed by atoms with Crippen LogP contribution in [0.15, 0.2) is 29.2 Å². The number of anilines is 1. The molecule has 1 aromatic carbocycles. The Morgan fingerprint density at radius 2 is 1.89 bits per heavy atom. The number of morpholine rings is 1. The van der Waals surface area contributed by atoms with Crippen LogP contribution < -0.4 is 10.2 Å². The Balaban J connectivity index is 1.41. The van der Waals surface area contributed by atoms with Crippen LogP contribution in [0, 0.1) is 0 Å². The van der Waals surface area contributed by atoms with E-state index in [1.165, 1.54) is 19.3 Å². The highest BCUT2D eigenvalue weighted by atomic mass is 32.2. The number of hydrogen-bond donors (Lipinski definition) is 1. The van der Waals surface area contributed by atoms with Gasteiger partial charge in [0.25, 0.3) is 0 Å². The van der Waals surface area contributed by atoms with E-state index in [1.807, 2.05) is 24.3 Å². The molecule has 2 amide bonds. The van der Waals surface area contributed by atoms with Crippen LogP contribution in [-0.4, -0.2) is 67.4 Å². The van der Waals surface area contributed by atoms with Crippen LogP contribution >= 0.6 is 11.8 Å². The van der Waals surface area contributed by atoms with Crippen LogP contribution in [0.5, 0.6) is 0 Å². The molecule has 152 valence electrons. The molecule has 1 saturated carbocycles. The minimum atomic E-state index is -0.0757. The fraction of sp³-hybridized carbons (Fsp3) is 0.619. The molecular weight excluding hydrogens is 374 g/mol. The summed E-state index contributed by atoms with van der Waals surface area (Å²) in [5.41, 5.74) is 0.886. The predicted molar refractivity (Wildman–Crippen MR) is 111 cm³/mol. The molecule has 0 spiro atoms. The summed E-state index contributed by atoms with van der Waals surface area (Å²) >= 11 is 1.54. The van der Waals surface area contributed by atoms with E-state index < -0.39 is 0 Å². The summed E-state index contributed by atoms with van der Waals surface area (Å²) in [6.07, 6.45) is 5.94. The first kappa shape index (κ1) is 19.7. The third kappa shape index (κ3) is 4.21. The zero-order valence-electron chi connectivity index (χ0n) is 16.3. The Bertz CT molecular complexity index is 715. The zero-order chi connectivity index (χ0) is 19.4. The maximum atomic E-state index is 12.8. The molecular formula is C21H29N3O3S. The second-order valence-corrected chi connectivity index (χ2v) is 8.91. The first-order valence-electron chi connectivity index (χ1n) is 10.3. The molecule has 1 saturated heterocycles. The van der Waals surface area contributed by atoms with Crippen molar-refractivity contribution in [1.29, 1.82) is 0 Å². The number of nitrogens with zero attached hydrogens (tertiary/aromatic N) is 2. The number of carbonyl (C=O) groups excluding carboxylic acids is 2. The highest BCUT2D eigenvalue weighted by Crippen LogP contribution is 2.35. The van der Waals surface area contributed by atoms with Gasteiger partial charge < -0.3 is 15.0 Å². The van der Waals surface area contributed by atoms with Gasteiger partial charge in [0, 0.05) is 30.1 Å². The summed E-state index contributed by atoms with van der Waals surface area (Å²) in [7, 11) is 0. The predicted octanol–water partition coefficient (Wildman–Crippen LogP) is 2.28. The average Bonchev–Trinajstić information content (AvgIpc) is 2.76. The minimum Gasteiger partial charge on any atom is -0.379 e. The van der Waals surface area contributed by atoms with Crippen LogP contribution in [-0.2, 0) is 14.3 Å². The summed E-state index contributed by atoms with van der Waals surface area (Å²) in [4.78, 5) is 30.4. The molecule has 1 aromatic rings. The van der Waals surface area contributed by atoms with Gasteiger partial charge in [-0.1, -0.05) is 31.4 Å². The van der Waals surface area contributed by atoms with Crippen LogP contribution in [0.3, 0.4) is 0 Å². The second-order valence-electron chi connectivity index (χ2n) is 7.90. The van der Waals surface area contributed by atoms with Gasteiger partial charge in [0.1, 0.15) is 6.54 Å². The summed E-state index contributed by atoms with van der Waals surface area (Å²) in [6, 6.07) is 7.81. The summed E-state index contributed by atoms with van der Waals surface area (Å²) < 4.78 is 5.53. The molecule has 2 heterocycles. The lowest BCUT2D eigenvalue weighted by Gasteiger charge is -2.48. The lowest BCUT2D eigenvalue weighted by Crippen LogP contribution is -2.60. The highest BCUT2D eigenvalue weighted by molar-refractivity contribution is 8.00. The topological polar surface area (TPSA) is 61.9 Å². The summed E-state index contributed by atoms with van der Waals surface area (Å²) in [5.74, 6) is 0.315. The second kappa shape index (κ2) is 8.84. The van der Waals surface area contributed by atoms with Crippen molar-refractivity contribution in [3.8, 4) is 0 Å². The van der Waals surface area contributed by atoms with Crippen molar-refractivity contribution in [3.05, 3.63) is 24.3 Å². The van der Waals surface area contributed by atoms with Gasteiger partial charge in [-0.15, -0.1) is 11.8 Å². The first-order chi connectivity index (χ1) is 13.7. The SMILES string of the molecule is O=C(CN1C(=O)CSc2ccccc21)NCC1(N2CCOCC2)CCCCC1. The van der Waals surface area contributed by atoms with Crippen molar-refractivity contribution in [2.75, 3.05) is 50.0 Å². The van der Waals surface area contributed by atoms with E-state index in [4.69, 9.17) is 4.74 Å². The number of para-hydroxylation sites is 1. The highest BCUT2D eigenvalue weighted by Gasteiger charge is 2.39. The van der Waals surface area contributed by atoms with Crippen LogP contribution in [0.2, 0.25) is 0 Å². The standard InChI is InChI=1S/C21H29N3O3S/c25-19(14-24-17-6-2-3-7-18(17)28-15-20(24)26)22-16-21(8-4-1-5-9-21)23-10-12-27-13-11-23/h2-3,6-7H,1,4-5,8-16H2,(H,22,25). The smallest absolute Gasteiger partial charge is 0.240 e. The molecule has 7 heteroatoms. The molecule has 4 rings (SSSR count). The van der Waals surface area contributed by atoms with E-state index in [1.54, 1.807) is 16.7 Å². The van der Waals surface area contributed by atoms with Crippen LogP contribution in [0.1, 0.15) is 32.1 Å². The molecule has 28 heavy (non-hydrogen) atoms. The number of rotatable bonds is 5. The number of fused-ring (bicyclic) bond motifs is 1. The molecule has 2 fully saturated rings. The van der Waals surface area contributed by atoms with Gasteiger partial charge in [-0.3, -0.25) is 14.5 Å². The van der Waals surface area contributed by atoms with E-state index in [0.29, 0.717) is 12.3 Å². The van der Waals surface area contributed by atoms with Gasteiger partial charge in [0.15, 0.2) is 0 Å². The molecule has 0 atom stereocenters. The molecule has 1 N–H and O–H groups in total. The molecule has 6 nitrogen and oxygen atoms in total. The Morgan fingerprint density at radius 1 is 1.14 bits per heavy atom. The molecule has 0 bridgehead atoms. The van der Waals surface area contributed by atoms with Gasteiger partial charge >= 0.3 is 0 Å². The van der Waals surface area contributed by atoms with Crippen LogP contribution in [0.4, 0.5) is 5.69 Å². The number of benzene rings is 1. The van der Waals surface area contributed by atoms with Crippen LogP contribution in [0.25, 0.3) is 0 Å². The lowest BCUT2D eigenvalue weighted by atomic mass is 9.79. The molecule has 0 unspecified atom stereocenters. The van der Waals surface area contributed by atoms with E-state index in [2.05, 4.69) is 10.2 Å². The molecule has 0 radical (unpaired) electrons. The van der Waals surface area contributed by atoms with E-state index in [-0.39, 0.29) is 23.9 Å². The number of ether oxygens (including phenoxy) is 1. The fourth-order valence-electron chi connectivity index (χ4n) is 4.64. The molecule has 3 aliphatic rings.